The molecule has 18 heavy (non-hydrogen) atoms. The minimum absolute atomic E-state index is 0.135. The van der Waals surface area contributed by atoms with Crippen LogP contribution in [0, 0.1) is 10.1 Å². The topological polar surface area (TPSA) is 78.2 Å². The second-order valence-electron chi connectivity index (χ2n) is 3.41. The van der Waals surface area contributed by atoms with Gasteiger partial charge in [0, 0.05) is 12.3 Å². The van der Waals surface area contributed by atoms with E-state index in [-0.39, 0.29) is 17.7 Å². The van der Waals surface area contributed by atoms with E-state index in [9.17, 15) is 10.1 Å². The molecule has 6 nitrogen and oxygen atoms in total. The van der Waals surface area contributed by atoms with Gasteiger partial charge >= 0.3 is 5.82 Å². The fourth-order valence-corrected chi connectivity index (χ4v) is 2.19. The van der Waals surface area contributed by atoms with Crippen molar-refractivity contribution in [3.05, 3.63) is 44.0 Å². The fraction of sp³-hybridized carbons (Fsp3) is 0.200. The second kappa shape index (κ2) is 5.40. The number of aromatic nitrogens is 2. The molecule has 0 aliphatic carbocycles. The average molecular weight is 330 g/mol. The number of halogens is 1. The number of hydrogen-bond acceptors (Lipinski definition) is 6. The standard InChI is InChI=1S/C10H8BrN3O3S/c1-6(9-2-3-13-18-9)17-8-4-7(11)5-12-10(8)14(15)16/h2-6H,1H3/t6-/m1/s1. The lowest BCUT2D eigenvalue weighted by atomic mass is 10.3. The van der Waals surface area contributed by atoms with Gasteiger partial charge in [-0.2, -0.15) is 0 Å². The Morgan fingerprint density at radius 2 is 2.39 bits per heavy atom. The zero-order chi connectivity index (χ0) is 13.1. The molecule has 2 heterocycles. The van der Waals surface area contributed by atoms with E-state index in [1.54, 1.807) is 13.1 Å². The molecule has 0 saturated carbocycles. The first-order valence-corrected chi connectivity index (χ1v) is 6.51. The van der Waals surface area contributed by atoms with Gasteiger partial charge in [-0.05, 0) is 50.4 Å². The van der Waals surface area contributed by atoms with E-state index >= 15 is 0 Å². The summed E-state index contributed by atoms with van der Waals surface area (Å²) in [6.07, 6.45) is 2.71. The Morgan fingerprint density at radius 3 is 3.00 bits per heavy atom. The zero-order valence-electron chi connectivity index (χ0n) is 9.24. The van der Waals surface area contributed by atoms with E-state index in [1.165, 1.54) is 23.8 Å². The number of rotatable bonds is 4. The molecule has 0 saturated heterocycles. The highest BCUT2D eigenvalue weighted by Gasteiger charge is 2.20. The van der Waals surface area contributed by atoms with Crippen LogP contribution in [-0.4, -0.2) is 14.3 Å². The van der Waals surface area contributed by atoms with Crippen molar-refractivity contribution in [2.45, 2.75) is 13.0 Å². The molecule has 94 valence electrons. The van der Waals surface area contributed by atoms with E-state index < -0.39 is 4.92 Å². The maximum absolute atomic E-state index is 10.8. The van der Waals surface area contributed by atoms with Crippen LogP contribution in [0.3, 0.4) is 0 Å². The molecular weight excluding hydrogens is 322 g/mol. The summed E-state index contributed by atoms with van der Waals surface area (Å²) >= 11 is 4.50. The van der Waals surface area contributed by atoms with Gasteiger partial charge in [-0.15, -0.1) is 0 Å². The molecule has 0 fully saturated rings. The lowest BCUT2D eigenvalue weighted by Gasteiger charge is -2.12. The van der Waals surface area contributed by atoms with Gasteiger partial charge in [-0.25, -0.2) is 4.37 Å². The minimum Gasteiger partial charge on any atom is -0.477 e. The highest BCUT2D eigenvalue weighted by atomic mass is 79.9. The van der Waals surface area contributed by atoms with Crippen molar-refractivity contribution in [3.8, 4) is 5.75 Å². The van der Waals surface area contributed by atoms with Crippen LogP contribution in [0.4, 0.5) is 5.82 Å². The van der Waals surface area contributed by atoms with E-state index in [2.05, 4.69) is 25.3 Å². The Kier molecular flexibility index (Phi) is 3.87. The number of ether oxygens (including phenoxy) is 1. The van der Waals surface area contributed by atoms with E-state index in [4.69, 9.17) is 4.74 Å². The first-order valence-electron chi connectivity index (χ1n) is 4.95. The lowest BCUT2D eigenvalue weighted by molar-refractivity contribution is -0.390. The Balaban J connectivity index is 2.28. The molecule has 0 aliphatic rings. The average Bonchev–Trinajstić information content (AvgIpc) is 2.81. The van der Waals surface area contributed by atoms with Crippen LogP contribution < -0.4 is 4.74 Å². The normalized spacial score (nSPS) is 12.1. The summed E-state index contributed by atoms with van der Waals surface area (Å²) < 4.78 is 10.2. The Morgan fingerprint density at radius 1 is 1.61 bits per heavy atom. The molecule has 1 atom stereocenters. The van der Waals surface area contributed by atoms with Crippen LogP contribution in [0.2, 0.25) is 0 Å². The summed E-state index contributed by atoms with van der Waals surface area (Å²) in [4.78, 5) is 14.9. The van der Waals surface area contributed by atoms with Crippen molar-refractivity contribution in [1.82, 2.24) is 9.36 Å². The second-order valence-corrected chi connectivity index (χ2v) is 5.19. The molecule has 0 bridgehead atoms. The van der Waals surface area contributed by atoms with E-state index in [1.807, 2.05) is 6.07 Å². The Labute approximate surface area is 115 Å². The van der Waals surface area contributed by atoms with Crippen LogP contribution in [0.15, 0.2) is 29.0 Å². The third-order valence-corrected chi connectivity index (χ3v) is 3.47. The number of hydrogen-bond donors (Lipinski definition) is 0. The van der Waals surface area contributed by atoms with Gasteiger partial charge in [0.15, 0.2) is 6.20 Å². The molecule has 0 amide bonds. The van der Waals surface area contributed by atoms with Crippen molar-refractivity contribution in [3.63, 3.8) is 0 Å². The van der Waals surface area contributed by atoms with Gasteiger partial charge in [0.1, 0.15) is 6.10 Å². The third-order valence-electron chi connectivity index (χ3n) is 2.13. The van der Waals surface area contributed by atoms with Gasteiger partial charge in [0.25, 0.3) is 0 Å². The summed E-state index contributed by atoms with van der Waals surface area (Å²) in [6, 6.07) is 3.34. The smallest absolute Gasteiger partial charge is 0.406 e. The summed E-state index contributed by atoms with van der Waals surface area (Å²) in [6.45, 7) is 1.80. The van der Waals surface area contributed by atoms with E-state index in [0.717, 1.165) is 4.88 Å². The lowest BCUT2D eigenvalue weighted by Crippen LogP contribution is -2.04. The van der Waals surface area contributed by atoms with Gasteiger partial charge in [0.2, 0.25) is 5.75 Å². The summed E-state index contributed by atoms with van der Waals surface area (Å²) in [5.41, 5.74) is 0. The molecule has 8 heteroatoms. The highest BCUT2D eigenvalue weighted by molar-refractivity contribution is 9.10. The van der Waals surface area contributed by atoms with Crippen molar-refractivity contribution in [1.29, 1.82) is 0 Å². The van der Waals surface area contributed by atoms with Crippen molar-refractivity contribution >= 4 is 33.3 Å². The SMILES string of the molecule is C[C@@H](Oc1cc(Br)cnc1[N+](=O)[O-])c1ccns1. The molecule has 0 N–H and O–H groups in total. The maximum atomic E-state index is 10.8. The van der Waals surface area contributed by atoms with Crippen molar-refractivity contribution in [2.75, 3.05) is 0 Å². The van der Waals surface area contributed by atoms with Crippen LogP contribution >= 0.6 is 27.5 Å². The van der Waals surface area contributed by atoms with Gasteiger partial charge < -0.3 is 14.9 Å². The monoisotopic (exact) mass is 329 g/mol. The molecular formula is C10H8BrN3O3S. The summed E-state index contributed by atoms with van der Waals surface area (Å²) in [5.74, 6) is -0.162. The highest BCUT2D eigenvalue weighted by Crippen LogP contribution is 2.32. The van der Waals surface area contributed by atoms with Gasteiger partial charge in [-0.1, -0.05) is 0 Å². The van der Waals surface area contributed by atoms with E-state index in [0.29, 0.717) is 4.47 Å². The summed E-state index contributed by atoms with van der Waals surface area (Å²) in [7, 11) is 0. The quantitative estimate of drug-likeness (QED) is 0.634. The number of nitrogens with zero attached hydrogens (tertiary/aromatic N) is 3. The van der Waals surface area contributed by atoms with Crippen molar-refractivity contribution in [2.24, 2.45) is 0 Å². The van der Waals surface area contributed by atoms with Crippen LogP contribution in [-0.2, 0) is 0 Å². The molecule has 0 spiro atoms. The van der Waals surface area contributed by atoms with Crippen LogP contribution in [0.25, 0.3) is 0 Å². The zero-order valence-corrected chi connectivity index (χ0v) is 11.6. The van der Waals surface area contributed by atoms with Crippen LogP contribution in [0.5, 0.6) is 5.75 Å². The largest absolute Gasteiger partial charge is 0.477 e. The van der Waals surface area contributed by atoms with Crippen LogP contribution in [0.1, 0.15) is 17.9 Å². The predicted molar refractivity (Wildman–Crippen MR) is 69.7 cm³/mol. The molecule has 2 aromatic rings. The van der Waals surface area contributed by atoms with Crippen molar-refractivity contribution < 1.29 is 9.66 Å². The Hall–Kier alpha value is -1.54. The molecule has 0 aliphatic heterocycles. The summed E-state index contributed by atoms with van der Waals surface area (Å²) in [5, 5.41) is 10.8. The predicted octanol–water partition coefficient (Wildman–Crippen LogP) is 3.35. The molecule has 2 aromatic heterocycles. The fourth-order valence-electron chi connectivity index (χ4n) is 1.32. The molecule has 2 rings (SSSR count). The first-order chi connectivity index (χ1) is 8.58. The first kappa shape index (κ1) is 12.9. The molecule has 0 unspecified atom stereocenters. The maximum Gasteiger partial charge on any atom is 0.406 e. The minimum atomic E-state index is -0.568. The third kappa shape index (κ3) is 2.82. The number of pyridine rings is 1. The molecule has 0 radical (unpaired) electrons. The van der Waals surface area contributed by atoms with Gasteiger partial charge in [-0.3, -0.25) is 0 Å². The number of nitro groups is 1. The Bertz CT molecular complexity index is 562. The van der Waals surface area contributed by atoms with Gasteiger partial charge in [0.05, 0.1) is 9.35 Å². The molecule has 0 aromatic carbocycles.